The SMILES string of the molecule is CO[C@@H](C)c1ncc(C#CCN2CCOCC2)cc1-c1c2c3cc(ccc3n1CCOC1CCOCC1)-c1csc(n1)[C@@H](N1CC3(CCOCC3)C1)[C@H](NC(=O)C1[C@@H](C)[C@H]1C)C(=O)N1N[C@H](C(=O)OCC(C)(C)C2)C2CC1C2. The zero-order chi connectivity index (χ0) is 53.9. The molecular formula is C60H78N8O9S. The van der Waals surface area contributed by atoms with Gasteiger partial charge in [-0.25, -0.2) is 10.4 Å². The molecule has 8 fully saturated rings. The topological polar surface area (TPSA) is 171 Å². The summed E-state index contributed by atoms with van der Waals surface area (Å²) < 4.78 is 38.7. The summed E-state index contributed by atoms with van der Waals surface area (Å²) >= 11 is 1.54. The second kappa shape index (κ2) is 22.3. The summed E-state index contributed by atoms with van der Waals surface area (Å²) in [4.78, 5) is 59.9. The number of amides is 2. The number of ether oxygens (including phenoxy) is 6. The van der Waals surface area contributed by atoms with Crippen LogP contribution in [0.4, 0.5) is 0 Å². The molecule has 7 atom stereocenters. The van der Waals surface area contributed by atoms with Crippen molar-refractivity contribution in [1.29, 1.82) is 0 Å². The van der Waals surface area contributed by atoms with E-state index < -0.39 is 23.5 Å². The molecule has 8 bridgehead atoms. The molecule has 78 heavy (non-hydrogen) atoms. The van der Waals surface area contributed by atoms with Gasteiger partial charge in [0.1, 0.15) is 17.1 Å². The molecule has 1 spiro atoms. The molecule has 6 saturated heterocycles. The number of nitrogens with one attached hydrogen (secondary N) is 2. The third-order valence-electron chi connectivity index (χ3n) is 18.7. The van der Waals surface area contributed by atoms with Gasteiger partial charge >= 0.3 is 5.97 Å². The number of likely N-dealkylation sites (tertiary alicyclic amines) is 1. The van der Waals surface area contributed by atoms with E-state index in [2.05, 4.69) is 94.3 Å². The lowest BCUT2D eigenvalue weighted by atomic mass is 9.72. The van der Waals surface area contributed by atoms with Gasteiger partial charge in [0, 0.05) is 128 Å². The number of fused-ring (bicyclic) bond motifs is 4. The maximum absolute atomic E-state index is 15.5. The molecule has 17 nitrogen and oxygen atoms in total. The first-order valence-corrected chi connectivity index (χ1v) is 29.7. The summed E-state index contributed by atoms with van der Waals surface area (Å²) in [7, 11) is 1.72. The number of cyclic esters (lactones) is 1. The van der Waals surface area contributed by atoms with Crippen LogP contribution in [0.3, 0.4) is 0 Å². The quantitative estimate of drug-likeness (QED) is 0.122. The second-order valence-electron chi connectivity index (χ2n) is 24.5. The van der Waals surface area contributed by atoms with E-state index in [4.69, 9.17) is 38.4 Å². The van der Waals surface area contributed by atoms with Crippen molar-refractivity contribution in [2.45, 2.75) is 122 Å². The number of pyridine rings is 1. The van der Waals surface area contributed by atoms with Gasteiger partial charge in [-0.15, -0.1) is 11.3 Å². The molecule has 418 valence electrons. The number of aromatic nitrogens is 3. The van der Waals surface area contributed by atoms with Gasteiger partial charge in [0.15, 0.2) is 0 Å². The molecule has 9 aliphatic rings. The molecule has 2 saturated carbocycles. The summed E-state index contributed by atoms with van der Waals surface area (Å²) in [5, 5.41) is 8.95. The molecule has 0 radical (unpaired) electrons. The van der Waals surface area contributed by atoms with E-state index in [9.17, 15) is 9.59 Å². The molecule has 1 aromatic carbocycles. The van der Waals surface area contributed by atoms with Gasteiger partial charge in [0.25, 0.3) is 5.91 Å². The molecule has 4 aromatic rings. The zero-order valence-electron chi connectivity index (χ0n) is 46.4. The first-order chi connectivity index (χ1) is 37.8. The minimum atomic E-state index is -0.959. The minimum absolute atomic E-state index is 0.0202. The van der Waals surface area contributed by atoms with Gasteiger partial charge < -0.3 is 38.3 Å². The monoisotopic (exact) mass is 1090 g/mol. The molecule has 2 aliphatic carbocycles. The Labute approximate surface area is 462 Å². The zero-order valence-corrected chi connectivity index (χ0v) is 47.2. The summed E-state index contributed by atoms with van der Waals surface area (Å²) in [6.45, 7) is 19.8. The molecule has 13 rings (SSSR count). The second-order valence-corrected chi connectivity index (χ2v) is 25.4. The van der Waals surface area contributed by atoms with Crippen LogP contribution in [-0.2, 0) is 55.8 Å². The van der Waals surface area contributed by atoms with Gasteiger partial charge in [-0.05, 0) is 93.4 Å². The largest absolute Gasteiger partial charge is 0.464 e. The Balaban J connectivity index is 1.01. The van der Waals surface area contributed by atoms with Crippen LogP contribution in [0.1, 0.15) is 107 Å². The molecule has 2 amide bonds. The summed E-state index contributed by atoms with van der Waals surface area (Å²) in [6, 6.07) is 6.44. The number of morpholine rings is 1. The summed E-state index contributed by atoms with van der Waals surface area (Å²) in [5.74, 6) is 6.44. The first kappa shape index (κ1) is 53.8. The van der Waals surface area contributed by atoms with Crippen molar-refractivity contribution in [1.82, 2.24) is 40.1 Å². The highest BCUT2D eigenvalue weighted by atomic mass is 32.1. The predicted octanol–water partition coefficient (Wildman–Crippen LogP) is 6.57. The van der Waals surface area contributed by atoms with Crippen LogP contribution in [0.5, 0.6) is 0 Å². The lowest BCUT2D eigenvalue weighted by Gasteiger charge is -2.57. The van der Waals surface area contributed by atoms with Crippen molar-refractivity contribution in [3.63, 3.8) is 0 Å². The van der Waals surface area contributed by atoms with E-state index in [1.54, 1.807) is 23.5 Å². The fourth-order valence-corrected chi connectivity index (χ4v) is 14.5. The Hall–Kier alpha value is -4.81. The number of hydrogen-bond donors (Lipinski definition) is 2. The lowest BCUT2D eigenvalue weighted by molar-refractivity contribution is -0.173. The number of benzene rings is 1. The maximum atomic E-state index is 15.5. The van der Waals surface area contributed by atoms with Crippen LogP contribution in [0.15, 0.2) is 35.8 Å². The van der Waals surface area contributed by atoms with Crippen LogP contribution in [0.2, 0.25) is 0 Å². The number of rotatable bonds is 11. The van der Waals surface area contributed by atoms with Crippen LogP contribution >= 0.6 is 11.3 Å². The number of carbonyl (C=O) groups is 3. The molecule has 18 heteroatoms. The number of nitrogens with zero attached hydrogens (tertiary/aromatic N) is 6. The number of thiazole rings is 1. The van der Waals surface area contributed by atoms with Crippen molar-refractivity contribution in [2.24, 2.45) is 34.5 Å². The van der Waals surface area contributed by atoms with Gasteiger partial charge in [-0.3, -0.25) is 34.2 Å². The number of carbonyl (C=O) groups excluding carboxylic acids is 3. The Morgan fingerprint density at radius 1 is 1.00 bits per heavy atom. The normalized spacial score (nSPS) is 29.6. The predicted molar refractivity (Wildman–Crippen MR) is 295 cm³/mol. The third kappa shape index (κ3) is 10.7. The number of esters is 1. The van der Waals surface area contributed by atoms with Crippen molar-refractivity contribution >= 4 is 40.0 Å². The van der Waals surface area contributed by atoms with Gasteiger partial charge in [0.05, 0.1) is 68.3 Å². The van der Waals surface area contributed by atoms with Crippen LogP contribution in [0, 0.1) is 46.3 Å². The summed E-state index contributed by atoms with van der Waals surface area (Å²) in [6.07, 6.45) is 7.09. The van der Waals surface area contributed by atoms with Crippen molar-refractivity contribution in [3.8, 4) is 34.4 Å². The van der Waals surface area contributed by atoms with E-state index >= 15 is 4.79 Å². The van der Waals surface area contributed by atoms with E-state index in [1.807, 2.05) is 13.1 Å². The van der Waals surface area contributed by atoms with Gasteiger partial charge in [-0.2, -0.15) is 0 Å². The third-order valence-corrected chi connectivity index (χ3v) is 19.6. The highest BCUT2D eigenvalue weighted by Crippen LogP contribution is 2.50. The first-order valence-electron chi connectivity index (χ1n) is 28.8. The molecular weight excluding hydrogens is 1010 g/mol. The van der Waals surface area contributed by atoms with Crippen molar-refractivity contribution < 1.29 is 42.8 Å². The Kier molecular flexibility index (Phi) is 15.4. The maximum Gasteiger partial charge on any atom is 0.325 e. The van der Waals surface area contributed by atoms with E-state index in [0.29, 0.717) is 78.6 Å². The molecule has 2 N–H and O–H groups in total. The molecule has 7 aliphatic heterocycles. The van der Waals surface area contributed by atoms with E-state index in [-0.39, 0.29) is 71.7 Å². The highest BCUT2D eigenvalue weighted by Gasteiger charge is 2.57. The van der Waals surface area contributed by atoms with Crippen molar-refractivity contribution in [2.75, 3.05) is 92.7 Å². The van der Waals surface area contributed by atoms with E-state index in [1.165, 1.54) is 0 Å². The Morgan fingerprint density at radius 3 is 2.49 bits per heavy atom. The van der Waals surface area contributed by atoms with Crippen LogP contribution in [0.25, 0.3) is 33.4 Å². The average Bonchev–Trinajstić information content (AvgIpc) is 3.92. The molecule has 10 heterocycles. The van der Waals surface area contributed by atoms with Crippen LogP contribution in [-0.4, -0.2) is 164 Å². The van der Waals surface area contributed by atoms with Gasteiger partial charge in [0.2, 0.25) is 5.91 Å². The Bertz CT molecular complexity index is 2930. The molecule has 1 unspecified atom stereocenters. The van der Waals surface area contributed by atoms with Crippen LogP contribution < -0.4 is 10.7 Å². The minimum Gasteiger partial charge on any atom is -0.464 e. The smallest absolute Gasteiger partial charge is 0.325 e. The molecule has 3 aromatic heterocycles. The number of hydrazine groups is 1. The van der Waals surface area contributed by atoms with Gasteiger partial charge in [-0.1, -0.05) is 45.6 Å². The number of methoxy groups -OCH3 is 1. The summed E-state index contributed by atoms with van der Waals surface area (Å²) in [5.41, 5.74) is 10.3. The van der Waals surface area contributed by atoms with E-state index in [0.717, 1.165) is 107 Å². The lowest BCUT2D eigenvalue weighted by Crippen LogP contribution is -2.73. The number of hydrogen-bond acceptors (Lipinski definition) is 15. The fraction of sp³-hybridized carbons (Fsp3) is 0.650. The fourth-order valence-electron chi connectivity index (χ4n) is 13.5. The van der Waals surface area contributed by atoms with Crippen molar-refractivity contribution in [3.05, 3.63) is 57.7 Å². The standard InChI is InChI=1S/C60H78N8O9S/c1-36-37(2)49(36)55(69)63-52-54(66-33-60(34-66)13-21-74-22-14-60)56-62-47(32-78-56)40-9-10-48-44(29-40)46(30-59(4,5)35-77-58(71)51-41-27-42(28-41)68(64-51)57(52)70)53(67(48)18-25-76-43-11-19-73-20-12-43)45-26-39(31-61-50(45)38(3)72-6)8-7-15-65-16-23-75-24-17-65/h9-10,26,29,31-32,36-38,41-43,49,51-52,54,64H,11-25,27-28,30,33-35H2,1-6H3,(H,63,69)/t36-,37+,38-,41?,42?,49?,51-,52-,54-/m0/s1. The highest BCUT2D eigenvalue weighted by molar-refractivity contribution is 7.10. The Morgan fingerprint density at radius 2 is 1.74 bits per heavy atom. The average molecular weight is 1090 g/mol.